The second kappa shape index (κ2) is 5.72. The number of aliphatic hydroxyl groups is 1. The average Bonchev–Trinajstić information content (AvgIpc) is 2.26. The van der Waals surface area contributed by atoms with Gasteiger partial charge in [-0.2, -0.15) is 13.2 Å². The third kappa shape index (κ3) is 4.10. The summed E-state index contributed by atoms with van der Waals surface area (Å²) in [6.45, 7) is 1.46. The first kappa shape index (κ1) is 13.6. The standard InChI is InChI=1S/C10H13F3N2O2/c1-2-17-7-4-3-5-14-9(7)15-6-8(16)10(11,12)13/h3-5,8,16H,2,6H2,1H3,(H,14,15). The lowest BCUT2D eigenvalue weighted by Crippen LogP contribution is -2.35. The average molecular weight is 250 g/mol. The van der Waals surface area contributed by atoms with Crippen molar-refractivity contribution in [2.75, 3.05) is 18.5 Å². The van der Waals surface area contributed by atoms with Gasteiger partial charge in [0.1, 0.15) is 0 Å². The number of pyridine rings is 1. The van der Waals surface area contributed by atoms with Crippen LogP contribution in [-0.2, 0) is 0 Å². The highest BCUT2D eigenvalue weighted by Gasteiger charge is 2.38. The number of nitrogens with one attached hydrogen (secondary N) is 1. The smallest absolute Gasteiger partial charge is 0.416 e. The summed E-state index contributed by atoms with van der Waals surface area (Å²) in [7, 11) is 0. The number of hydrogen-bond acceptors (Lipinski definition) is 4. The predicted molar refractivity (Wildman–Crippen MR) is 56.0 cm³/mol. The maximum Gasteiger partial charge on any atom is 0.416 e. The molecule has 1 aromatic heterocycles. The zero-order valence-corrected chi connectivity index (χ0v) is 9.16. The van der Waals surface area contributed by atoms with Crippen molar-refractivity contribution in [2.45, 2.75) is 19.2 Å². The lowest BCUT2D eigenvalue weighted by Gasteiger charge is -2.16. The van der Waals surface area contributed by atoms with Gasteiger partial charge < -0.3 is 15.2 Å². The van der Waals surface area contributed by atoms with Crippen molar-refractivity contribution in [1.29, 1.82) is 0 Å². The van der Waals surface area contributed by atoms with Gasteiger partial charge in [0.25, 0.3) is 0 Å². The molecule has 1 heterocycles. The molecule has 0 bridgehead atoms. The first-order valence-corrected chi connectivity index (χ1v) is 5.01. The van der Waals surface area contributed by atoms with Crippen molar-refractivity contribution in [1.82, 2.24) is 4.98 Å². The molecule has 0 aliphatic carbocycles. The van der Waals surface area contributed by atoms with E-state index in [4.69, 9.17) is 9.84 Å². The van der Waals surface area contributed by atoms with E-state index in [0.29, 0.717) is 12.4 Å². The second-order valence-corrected chi connectivity index (χ2v) is 3.22. The van der Waals surface area contributed by atoms with Crippen LogP contribution in [0.3, 0.4) is 0 Å². The van der Waals surface area contributed by atoms with Crippen molar-refractivity contribution in [3.8, 4) is 5.75 Å². The van der Waals surface area contributed by atoms with Gasteiger partial charge in [0.15, 0.2) is 17.7 Å². The van der Waals surface area contributed by atoms with Gasteiger partial charge in [-0.1, -0.05) is 0 Å². The molecule has 1 aromatic rings. The van der Waals surface area contributed by atoms with Crippen LogP contribution in [0.1, 0.15) is 6.92 Å². The monoisotopic (exact) mass is 250 g/mol. The molecule has 0 radical (unpaired) electrons. The van der Waals surface area contributed by atoms with Gasteiger partial charge in [0.2, 0.25) is 0 Å². The van der Waals surface area contributed by atoms with Crippen LogP contribution in [0.2, 0.25) is 0 Å². The summed E-state index contributed by atoms with van der Waals surface area (Å²) in [5, 5.41) is 11.2. The maximum atomic E-state index is 12.1. The summed E-state index contributed by atoms with van der Waals surface area (Å²) in [5.41, 5.74) is 0. The molecule has 0 amide bonds. The molecule has 2 N–H and O–H groups in total. The van der Waals surface area contributed by atoms with Gasteiger partial charge in [-0.15, -0.1) is 0 Å². The molecule has 7 heteroatoms. The topological polar surface area (TPSA) is 54.4 Å². The summed E-state index contributed by atoms with van der Waals surface area (Å²) < 4.78 is 41.3. The van der Waals surface area contributed by atoms with Crippen molar-refractivity contribution in [3.63, 3.8) is 0 Å². The highest BCUT2D eigenvalue weighted by molar-refractivity contribution is 5.49. The molecule has 1 atom stereocenters. The van der Waals surface area contributed by atoms with Crippen LogP contribution < -0.4 is 10.1 Å². The van der Waals surface area contributed by atoms with E-state index in [9.17, 15) is 13.2 Å². The van der Waals surface area contributed by atoms with E-state index in [-0.39, 0.29) is 5.82 Å². The molecule has 0 spiro atoms. The summed E-state index contributed by atoms with van der Waals surface area (Å²) in [6.07, 6.45) is -5.66. The van der Waals surface area contributed by atoms with Crippen LogP contribution in [0.15, 0.2) is 18.3 Å². The zero-order valence-electron chi connectivity index (χ0n) is 9.16. The Kier molecular flexibility index (Phi) is 4.56. The van der Waals surface area contributed by atoms with Gasteiger partial charge in [-0.25, -0.2) is 4.98 Å². The number of alkyl halides is 3. The van der Waals surface area contributed by atoms with Gasteiger partial charge in [0.05, 0.1) is 13.2 Å². The lowest BCUT2D eigenvalue weighted by atomic mass is 10.3. The number of ether oxygens (including phenoxy) is 1. The van der Waals surface area contributed by atoms with E-state index in [1.807, 2.05) is 0 Å². The summed E-state index contributed by atoms with van der Waals surface area (Å²) in [4.78, 5) is 3.84. The SMILES string of the molecule is CCOc1cccnc1NCC(O)C(F)(F)F. The van der Waals surface area contributed by atoms with Gasteiger partial charge in [-0.05, 0) is 19.1 Å². The number of anilines is 1. The van der Waals surface area contributed by atoms with Gasteiger partial charge in [0, 0.05) is 6.20 Å². The molecule has 0 fully saturated rings. The maximum absolute atomic E-state index is 12.1. The Morgan fingerprint density at radius 1 is 1.53 bits per heavy atom. The van der Waals surface area contributed by atoms with Crippen molar-refractivity contribution < 1.29 is 23.0 Å². The van der Waals surface area contributed by atoms with E-state index in [2.05, 4.69) is 10.3 Å². The van der Waals surface area contributed by atoms with Crippen LogP contribution in [0.4, 0.5) is 19.0 Å². The molecule has 0 aliphatic rings. The minimum Gasteiger partial charge on any atom is -0.490 e. The van der Waals surface area contributed by atoms with Crippen LogP contribution in [0.5, 0.6) is 5.75 Å². The van der Waals surface area contributed by atoms with Crippen LogP contribution in [-0.4, -0.2) is 35.5 Å². The zero-order chi connectivity index (χ0) is 12.9. The molecule has 0 saturated carbocycles. The number of aliphatic hydroxyl groups excluding tert-OH is 1. The molecule has 0 aromatic carbocycles. The molecule has 0 saturated heterocycles. The normalized spacial score (nSPS) is 13.2. The van der Waals surface area contributed by atoms with Crippen LogP contribution in [0, 0.1) is 0 Å². The molecule has 4 nitrogen and oxygen atoms in total. The number of rotatable bonds is 5. The van der Waals surface area contributed by atoms with Gasteiger partial charge >= 0.3 is 6.18 Å². The fourth-order valence-corrected chi connectivity index (χ4v) is 1.10. The molecule has 0 aliphatic heterocycles. The quantitative estimate of drug-likeness (QED) is 0.837. The summed E-state index contributed by atoms with van der Waals surface area (Å²) in [6, 6.07) is 3.19. The summed E-state index contributed by atoms with van der Waals surface area (Å²) in [5.74, 6) is 0.530. The molecular weight excluding hydrogens is 237 g/mol. The van der Waals surface area contributed by atoms with Crippen molar-refractivity contribution >= 4 is 5.82 Å². The van der Waals surface area contributed by atoms with Crippen molar-refractivity contribution in [2.24, 2.45) is 0 Å². The van der Waals surface area contributed by atoms with E-state index < -0.39 is 18.8 Å². The fraction of sp³-hybridized carbons (Fsp3) is 0.500. The van der Waals surface area contributed by atoms with Gasteiger partial charge in [-0.3, -0.25) is 0 Å². The minimum atomic E-state index is -4.65. The van der Waals surface area contributed by atoms with E-state index in [1.165, 1.54) is 6.20 Å². The molecule has 17 heavy (non-hydrogen) atoms. The number of halogens is 3. The Bertz CT molecular complexity index is 358. The number of hydrogen-bond donors (Lipinski definition) is 2. The largest absolute Gasteiger partial charge is 0.490 e. The first-order valence-electron chi connectivity index (χ1n) is 5.01. The Balaban J connectivity index is 2.63. The molecule has 1 rings (SSSR count). The van der Waals surface area contributed by atoms with E-state index in [1.54, 1.807) is 19.1 Å². The lowest BCUT2D eigenvalue weighted by molar-refractivity contribution is -0.198. The fourth-order valence-electron chi connectivity index (χ4n) is 1.10. The Labute approximate surface area is 96.4 Å². The first-order chi connectivity index (χ1) is 7.95. The number of aromatic nitrogens is 1. The van der Waals surface area contributed by atoms with Crippen LogP contribution >= 0.6 is 0 Å². The third-order valence-corrected chi connectivity index (χ3v) is 1.91. The Hall–Kier alpha value is -1.50. The van der Waals surface area contributed by atoms with Crippen molar-refractivity contribution in [3.05, 3.63) is 18.3 Å². The Morgan fingerprint density at radius 2 is 2.24 bits per heavy atom. The predicted octanol–water partition coefficient (Wildman–Crippen LogP) is 1.82. The number of nitrogens with zero attached hydrogens (tertiary/aromatic N) is 1. The Morgan fingerprint density at radius 3 is 2.82 bits per heavy atom. The molecular formula is C10H13F3N2O2. The second-order valence-electron chi connectivity index (χ2n) is 3.22. The van der Waals surface area contributed by atoms with E-state index >= 15 is 0 Å². The van der Waals surface area contributed by atoms with E-state index in [0.717, 1.165) is 0 Å². The highest BCUT2D eigenvalue weighted by atomic mass is 19.4. The minimum absolute atomic E-state index is 0.178. The van der Waals surface area contributed by atoms with Crippen LogP contribution in [0.25, 0.3) is 0 Å². The third-order valence-electron chi connectivity index (χ3n) is 1.91. The molecule has 1 unspecified atom stereocenters. The summed E-state index contributed by atoms with van der Waals surface area (Å²) >= 11 is 0. The highest BCUT2D eigenvalue weighted by Crippen LogP contribution is 2.23. The molecule has 96 valence electrons.